The largest absolute Gasteiger partial charge is 0.383 e. The summed E-state index contributed by atoms with van der Waals surface area (Å²) in [6.45, 7) is 5.71. The predicted octanol–water partition coefficient (Wildman–Crippen LogP) is 5.57. The Labute approximate surface area is 219 Å². The van der Waals surface area contributed by atoms with Gasteiger partial charge in [-0.1, -0.05) is 57.0 Å². The van der Waals surface area contributed by atoms with Crippen LogP contribution in [0.1, 0.15) is 50.7 Å². The van der Waals surface area contributed by atoms with Crippen LogP contribution in [0.3, 0.4) is 0 Å². The van der Waals surface area contributed by atoms with Crippen molar-refractivity contribution in [3.63, 3.8) is 0 Å². The third-order valence-electron chi connectivity index (χ3n) is 6.92. The molecule has 0 saturated heterocycles. The molecule has 1 atom stereocenters. The molecular formula is C30H40FN3O3. The van der Waals surface area contributed by atoms with Crippen molar-refractivity contribution in [2.24, 2.45) is 5.92 Å². The highest BCUT2D eigenvalue weighted by Gasteiger charge is 2.26. The van der Waals surface area contributed by atoms with Crippen LogP contribution in [-0.2, 0) is 27.3 Å². The van der Waals surface area contributed by atoms with Crippen molar-refractivity contribution < 1.29 is 18.7 Å². The number of amides is 2. The van der Waals surface area contributed by atoms with Crippen molar-refractivity contribution in [1.29, 1.82) is 0 Å². The summed E-state index contributed by atoms with van der Waals surface area (Å²) in [7, 11) is 1.60. The average Bonchev–Trinajstić information content (AvgIpc) is 3.33. The van der Waals surface area contributed by atoms with E-state index in [-0.39, 0.29) is 30.1 Å². The molecule has 0 radical (unpaired) electrons. The molecule has 6 nitrogen and oxygen atoms in total. The fourth-order valence-electron chi connectivity index (χ4n) is 4.64. The van der Waals surface area contributed by atoms with Gasteiger partial charge in [-0.3, -0.25) is 9.59 Å². The van der Waals surface area contributed by atoms with Gasteiger partial charge in [-0.05, 0) is 48.6 Å². The van der Waals surface area contributed by atoms with Crippen LogP contribution in [0.4, 0.5) is 4.39 Å². The number of nitrogens with one attached hydrogen (secondary N) is 1. The molecule has 7 heteroatoms. The number of hydrogen-bond acceptors (Lipinski definition) is 3. The summed E-state index contributed by atoms with van der Waals surface area (Å²) < 4.78 is 18.7. The van der Waals surface area contributed by atoms with E-state index < -0.39 is 0 Å². The van der Waals surface area contributed by atoms with E-state index in [1.807, 2.05) is 31.3 Å². The van der Waals surface area contributed by atoms with Crippen molar-refractivity contribution in [2.75, 3.05) is 33.4 Å². The summed E-state index contributed by atoms with van der Waals surface area (Å²) in [6.07, 6.45) is 6.23. The minimum atomic E-state index is -0.311. The number of fused-ring (bicyclic) bond motifs is 1. The van der Waals surface area contributed by atoms with E-state index in [9.17, 15) is 14.0 Å². The highest BCUT2D eigenvalue weighted by Crippen LogP contribution is 2.20. The normalized spacial score (nSPS) is 12.0. The van der Waals surface area contributed by atoms with Crippen molar-refractivity contribution in [1.82, 2.24) is 14.8 Å². The number of halogens is 1. The molecule has 3 aromatic rings. The first-order chi connectivity index (χ1) is 18.0. The number of benzene rings is 2. The first kappa shape index (κ1) is 28.4. The molecule has 1 aromatic heterocycles. The Kier molecular flexibility index (Phi) is 11.1. The second kappa shape index (κ2) is 14.5. The zero-order chi connectivity index (χ0) is 26.6. The first-order valence-corrected chi connectivity index (χ1v) is 13.3. The van der Waals surface area contributed by atoms with Crippen LogP contribution in [0.2, 0.25) is 0 Å². The Morgan fingerprint density at radius 1 is 1.03 bits per heavy atom. The maximum absolute atomic E-state index is 13.6. The molecule has 1 heterocycles. The van der Waals surface area contributed by atoms with Crippen LogP contribution in [-0.4, -0.2) is 59.9 Å². The Morgan fingerprint density at radius 2 is 1.78 bits per heavy atom. The lowest BCUT2D eigenvalue weighted by Crippen LogP contribution is -2.46. The molecule has 0 aliphatic rings. The number of hydrogen-bond donors (Lipinski definition) is 1. The number of carbonyl (C=O) groups is 2. The Morgan fingerprint density at radius 3 is 2.49 bits per heavy atom. The van der Waals surface area contributed by atoms with Gasteiger partial charge in [-0.15, -0.1) is 0 Å². The van der Waals surface area contributed by atoms with Crippen LogP contribution in [0, 0.1) is 11.7 Å². The number of nitrogens with zero attached hydrogens (tertiary/aromatic N) is 2. The van der Waals surface area contributed by atoms with E-state index >= 15 is 0 Å². The third-order valence-corrected chi connectivity index (χ3v) is 6.92. The van der Waals surface area contributed by atoms with Gasteiger partial charge < -0.3 is 19.5 Å². The third kappa shape index (κ3) is 8.15. The summed E-state index contributed by atoms with van der Waals surface area (Å²) in [5, 5.41) is 1.13. The van der Waals surface area contributed by atoms with Crippen molar-refractivity contribution >= 4 is 22.7 Å². The molecular weight excluding hydrogens is 469 g/mol. The van der Waals surface area contributed by atoms with Gasteiger partial charge in [-0.25, -0.2) is 4.39 Å². The summed E-state index contributed by atoms with van der Waals surface area (Å²) in [6, 6.07) is 14.3. The van der Waals surface area contributed by atoms with Gasteiger partial charge in [-0.2, -0.15) is 0 Å². The van der Waals surface area contributed by atoms with E-state index in [0.29, 0.717) is 32.7 Å². The summed E-state index contributed by atoms with van der Waals surface area (Å²) in [4.78, 5) is 33.8. The van der Waals surface area contributed by atoms with Gasteiger partial charge in [0.1, 0.15) is 5.82 Å². The molecule has 0 fully saturated rings. The monoisotopic (exact) mass is 509 g/mol. The van der Waals surface area contributed by atoms with Crippen molar-refractivity contribution in [3.05, 3.63) is 71.7 Å². The smallest absolute Gasteiger partial charge is 0.242 e. The topological polar surface area (TPSA) is 65.6 Å². The van der Waals surface area contributed by atoms with Crippen LogP contribution in [0.15, 0.2) is 54.7 Å². The number of para-hydroxylation sites is 1. The highest BCUT2D eigenvalue weighted by atomic mass is 19.1. The van der Waals surface area contributed by atoms with Gasteiger partial charge in [0.15, 0.2) is 0 Å². The van der Waals surface area contributed by atoms with Crippen molar-refractivity contribution in [2.45, 2.75) is 52.5 Å². The molecule has 0 aliphatic carbocycles. The fourth-order valence-corrected chi connectivity index (χ4v) is 4.64. The highest BCUT2D eigenvalue weighted by molar-refractivity contribution is 5.86. The van der Waals surface area contributed by atoms with Gasteiger partial charge in [0.25, 0.3) is 0 Å². The molecule has 0 unspecified atom stereocenters. The van der Waals surface area contributed by atoms with Gasteiger partial charge in [0.05, 0.1) is 13.2 Å². The van der Waals surface area contributed by atoms with E-state index in [0.717, 1.165) is 47.7 Å². The molecule has 200 valence electrons. The van der Waals surface area contributed by atoms with Crippen LogP contribution < -0.4 is 0 Å². The Bertz CT molecular complexity index is 1130. The molecule has 1 N–H and O–H groups in total. The molecule has 2 amide bonds. The first-order valence-electron chi connectivity index (χ1n) is 13.3. The minimum Gasteiger partial charge on any atom is -0.383 e. The van der Waals surface area contributed by atoms with E-state index in [1.54, 1.807) is 29.0 Å². The number of unbranched alkanes of at least 4 members (excludes halogenated alkanes) is 1. The minimum absolute atomic E-state index is 0.000102. The lowest BCUT2D eigenvalue weighted by molar-refractivity contribution is -0.144. The number of aromatic nitrogens is 1. The number of H-pyrrole nitrogens is 1. The zero-order valence-electron chi connectivity index (χ0n) is 22.3. The van der Waals surface area contributed by atoms with E-state index in [2.05, 4.69) is 18.0 Å². The van der Waals surface area contributed by atoms with Crippen LogP contribution in [0.25, 0.3) is 10.9 Å². The second-order valence-corrected chi connectivity index (χ2v) is 9.55. The van der Waals surface area contributed by atoms with E-state index in [1.165, 1.54) is 12.1 Å². The Hall–Kier alpha value is -3.19. The molecule has 0 bridgehead atoms. The lowest BCUT2D eigenvalue weighted by Gasteiger charge is -2.30. The van der Waals surface area contributed by atoms with Crippen molar-refractivity contribution in [3.8, 4) is 0 Å². The maximum atomic E-state index is 13.6. The van der Waals surface area contributed by atoms with Gasteiger partial charge in [0.2, 0.25) is 11.8 Å². The maximum Gasteiger partial charge on any atom is 0.242 e. The summed E-state index contributed by atoms with van der Waals surface area (Å²) in [5.74, 6) is -0.519. The number of carbonyl (C=O) groups excluding carboxylic acids is 2. The summed E-state index contributed by atoms with van der Waals surface area (Å²) >= 11 is 0. The molecule has 0 spiro atoms. The number of rotatable bonds is 15. The quantitative estimate of drug-likeness (QED) is 0.291. The molecule has 37 heavy (non-hydrogen) atoms. The lowest BCUT2D eigenvalue weighted by atomic mass is 9.97. The number of methoxy groups -OCH3 is 1. The average molecular weight is 510 g/mol. The molecule has 0 saturated carbocycles. The molecule has 2 aromatic carbocycles. The molecule has 3 rings (SSSR count). The van der Waals surface area contributed by atoms with Crippen LogP contribution >= 0.6 is 0 Å². The second-order valence-electron chi connectivity index (χ2n) is 9.55. The molecule has 0 aliphatic heterocycles. The fraction of sp³-hybridized carbons (Fsp3) is 0.467. The van der Waals surface area contributed by atoms with Gasteiger partial charge >= 0.3 is 0 Å². The Balaban J connectivity index is 1.78. The zero-order valence-corrected chi connectivity index (χ0v) is 22.3. The van der Waals surface area contributed by atoms with Gasteiger partial charge in [0, 0.05) is 49.8 Å². The SMILES string of the molecule is CCCC[C@@H](CC)C(=O)N(CCOC)CC(=O)N(CCc1c[nH]c2ccccc12)Cc1ccc(F)cc1. The number of ether oxygens (including phenoxy) is 1. The standard InChI is InChI=1S/C30H40FN3O3/c1-4-6-9-24(5-2)30(36)34(18-19-37-3)22-29(35)33(21-23-12-14-26(31)15-13-23)17-16-25-20-32-28-11-8-7-10-27(25)28/h7-8,10-15,20,24,32H,4-6,9,16-19,21-22H2,1-3H3/t24-/m1/s1. The summed E-state index contributed by atoms with van der Waals surface area (Å²) in [5.41, 5.74) is 3.03. The van der Waals surface area contributed by atoms with E-state index in [4.69, 9.17) is 4.74 Å². The number of aromatic amines is 1. The predicted molar refractivity (Wildman–Crippen MR) is 146 cm³/mol. The van der Waals surface area contributed by atoms with Crippen LogP contribution in [0.5, 0.6) is 0 Å².